The molecular weight excluding hydrogens is 327 g/mol. The molecule has 0 radical (unpaired) electrons. The molecule has 1 unspecified atom stereocenters. The number of anilines is 1. The molecule has 1 N–H and O–H groups in total. The quantitative estimate of drug-likeness (QED) is 0.804. The van der Waals surface area contributed by atoms with Crippen molar-refractivity contribution >= 4 is 5.95 Å². The Labute approximate surface area is 155 Å². The molecule has 2 aromatic rings. The first-order valence-corrected chi connectivity index (χ1v) is 9.63. The van der Waals surface area contributed by atoms with Gasteiger partial charge in [0.25, 0.3) is 0 Å². The Morgan fingerprint density at radius 2 is 1.88 bits per heavy atom. The Bertz CT molecular complexity index is 669. The Morgan fingerprint density at radius 1 is 1.15 bits per heavy atom. The smallest absolute Gasteiger partial charge is 0.222 e. The first-order chi connectivity index (χ1) is 12.6. The zero-order valence-electron chi connectivity index (χ0n) is 15.8. The van der Waals surface area contributed by atoms with Crippen LogP contribution in [0.2, 0.25) is 0 Å². The summed E-state index contributed by atoms with van der Waals surface area (Å²) < 4.78 is 13.0. The van der Waals surface area contributed by atoms with Crippen molar-refractivity contribution in [2.75, 3.05) is 18.4 Å². The lowest BCUT2D eigenvalue weighted by molar-refractivity contribution is 0.161. The second-order valence-corrected chi connectivity index (χ2v) is 7.62. The van der Waals surface area contributed by atoms with Crippen LogP contribution >= 0.6 is 0 Å². The van der Waals surface area contributed by atoms with Crippen molar-refractivity contribution in [2.45, 2.75) is 52.1 Å². The van der Waals surface area contributed by atoms with Crippen molar-refractivity contribution in [2.24, 2.45) is 5.92 Å². The van der Waals surface area contributed by atoms with Crippen molar-refractivity contribution in [3.63, 3.8) is 0 Å². The van der Waals surface area contributed by atoms with E-state index in [9.17, 15) is 4.39 Å². The number of benzene rings is 1. The standard InChI is InChI=1S/C21H29FN4/c1-16(2)25-21-23-12-19(13-24-21)15-26-11-3-4-18(14-26)6-5-17-7-9-20(22)10-8-17/h7-10,12-13,16,18H,3-6,11,14-15H2,1-2H3,(H,23,24,25). The number of nitrogens with zero attached hydrogens (tertiary/aromatic N) is 3. The highest BCUT2D eigenvalue weighted by atomic mass is 19.1. The molecule has 1 aromatic heterocycles. The third kappa shape index (κ3) is 5.77. The Balaban J connectivity index is 1.47. The van der Waals surface area contributed by atoms with Crippen molar-refractivity contribution in [1.82, 2.24) is 14.9 Å². The average Bonchev–Trinajstić information content (AvgIpc) is 2.63. The second kappa shape index (κ2) is 9.08. The minimum absolute atomic E-state index is 0.158. The molecule has 1 aliphatic heterocycles. The molecule has 3 rings (SSSR count). The molecule has 0 saturated carbocycles. The molecule has 26 heavy (non-hydrogen) atoms. The molecular formula is C21H29FN4. The summed E-state index contributed by atoms with van der Waals surface area (Å²) in [6, 6.07) is 7.26. The van der Waals surface area contributed by atoms with E-state index in [1.807, 2.05) is 24.5 Å². The molecule has 0 amide bonds. The van der Waals surface area contributed by atoms with Crippen LogP contribution in [0.3, 0.4) is 0 Å². The van der Waals surface area contributed by atoms with Crippen molar-refractivity contribution in [3.05, 3.63) is 53.6 Å². The highest BCUT2D eigenvalue weighted by Crippen LogP contribution is 2.23. The summed E-state index contributed by atoms with van der Waals surface area (Å²) in [6.07, 6.45) is 8.57. The fraction of sp³-hybridized carbons (Fsp3) is 0.524. The summed E-state index contributed by atoms with van der Waals surface area (Å²) in [6.45, 7) is 7.33. The molecule has 1 aliphatic rings. The van der Waals surface area contributed by atoms with Gasteiger partial charge >= 0.3 is 0 Å². The average molecular weight is 356 g/mol. The predicted octanol–water partition coefficient (Wildman–Crippen LogP) is 4.28. The summed E-state index contributed by atoms with van der Waals surface area (Å²) >= 11 is 0. The third-order valence-corrected chi connectivity index (χ3v) is 4.89. The fourth-order valence-corrected chi connectivity index (χ4v) is 3.58. The van der Waals surface area contributed by atoms with E-state index in [1.165, 1.54) is 24.0 Å². The molecule has 1 atom stereocenters. The van der Waals surface area contributed by atoms with Gasteiger partial charge in [-0.2, -0.15) is 0 Å². The molecule has 0 aliphatic carbocycles. The lowest BCUT2D eigenvalue weighted by atomic mass is 9.91. The van der Waals surface area contributed by atoms with Gasteiger partial charge in [0.15, 0.2) is 0 Å². The SMILES string of the molecule is CC(C)Nc1ncc(CN2CCCC(CCc3ccc(F)cc3)C2)cn1. The van der Waals surface area contributed by atoms with E-state index in [0.717, 1.165) is 32.5 Å². The van der Waals surface area contributed by atoms with Crippen molar-refractivity contribution in [1.29, 1.82) is 0 Å². The van der Waals surface area contributed by atoms with Gasteiger partial charge in [-0.05, 0) is 69.7 Å². The van der Waals surface area contributed by atoms with E-state index in [-0.39, 0.29) is 5.82 Å². The summed E-state index contributed by atoms with van der Waals surface area (Å²) in [5.74, 6) is 1.24. The molecule has 4 nitrogen and oxygen atoms in total. The topological polar surface area (TPSA) is 41.1 Å². The molecule has 140 valence electrons. The summed E-state index contributed by atoms with van der Waals surface area (Å²) in [5.41, 5.74) is 2.39. The fourth-order valence-electron chi connectivity index (χ4n) is 3.58. The van der Waals surface area contributed by atoms with Crippen LogP contribution in [0, 0.1) is 11.7 Å². The minimum atomic E-state index is -0.158. The highest BCUT2D eigenvalue weighted by Gasteiger charge is 2.20. The number of hydrogen-bond donors (Lipinski definition) is 1. The van der Waals surface area contributed by atoms with E-state index in [4.69, 9.17) is 0 Å². The Hall–Kier alpha value is -2.01. The number of nitrogens with one attached hydrogen (secondary N) is 1. The van der Waals surface area contributed by atoms with E-state index in [2.05, 4.69) is 34.0 Å². The molecule has 0 spiro atoms. The predicted molar refractivity (Wildman–Crippen MR) is 104 cm³/mol. The van der Waals surface area contributed by atoms with E-state index >= 15 is 0 Å². The minimum Gasteiger partial charge on any atom is -0.352 e. The van der Waals surface area contributed by atoms with Gasteiger partial charge in [0.1, 0.15) is 5.82 Å². The summed E-state index contributed by atoms with van der Waals surface area (Å²) in [4.78, 5) is 11.3. The van der Waals surface area contributed by atoms with Gasteiger partial charge < -0.3 is 5.32 Å². The molecule has 5 heteroatoms. The maximum absolute atomic E-state index is 13.0. The van der Waals surface area contributed by atoms with Crippen LogP contribution in [0.1, 0.15) is 44.2 Å². The van der Waals surface area contributed by atoms with Crippen LogP contribution in [-0.2, 0) is 13.0 Å². The van der Waals surface area contributed by atoms with Gasteiger partial charge in [0.05, 0.1) is 0 Å². The zero-order valence-corrected chi connectivity index (χ0v) is 15.8. The van der Waals surface area contributed by atoms with Crippen LogP contribution in [0.4, 0.5) is 10.3 Å². The van der Waals surface area contributed by atoms with Crippen LogP contribution in [-0.4, -0.2) is 34.0 Å². The van der Waals surface area contributed by atoms with Crippen LogP contribution in [0.5, 0.6) is 0 Å². The molecule has 1 saturated heterocycles. The number of likely N-dealkylation sites (tertiary alicyclic amines) is 1. The van der Waals surface area contributed by atoms with Gasteiger partial charge in [-0.15, -0.1) is 0 Å². The monoisotopic (exact) mass is 356 g/mol. The lowest BCUT2D eigenvalue weighted by Gasteiger charge is -2.32. The van der Waals surface area contributed by atoms with Crippen LogP contribution < -0.4 is 5.32 Å². The van der Waals surface area contributed by atoms with Crippen molar-refractivity contribution in [3.8, 4) is 0 Å². The van der Waals surface area contributed by atoms with Gasteiger partial charge in [0, 0.05) is 37.1 Å². The molecule has 0 bridgehead atoms. The van der Waals surface area contributed by atoms with Gasteiger partial charge in [-0.3, -0.25) is 4.90 Å². The van der Waals surface area contributed by atoms with E-state index in [1.54, 1.807) is 12.1 Å². The summed E-state index contributed by atoms with van der Waals surface area (Å²) in [5, 5.41) is 3.22. The Kier molecular flexibility index (Phi) is 6.56. The number of aryl methyl sites for hydroxylation is 1. The van der Waals surface area contributed by atoms with Crippen LogP contribution in [0.25, 0.3) is 0 Å². The normalized spacial score (nSPS) is 18.2. The number of aromatic nitrogens is 2. The first kappa shape index (κ1) is 18.8. The number of halogens is 1. The number of piperidine rings is 1. The van der Waals surface area contributed by atoms with Gasteiger partial charge in [-0.1, -0.05) is 12.1 Å². The second-order valence-electron chi connectivity index (χ2n) is 7.62. The third-order valence-electron chi connectivity index (χ3n) is 4.89. The highest BCUT2D eigenvalue weighted by molar-refractivity contribution is 5.25. The number of hydrogen-bond acceptors (Lipinski definition) is 4. The maximum Gasteiger partial charge on any atom is 0.222 e. The van der Waals surface area contributed by atoms with Crippen LogP contribution in [0.15, 0.2) is 36.7 Å². The van der Waals surface area contributed by atoms with E-state index in [0.29, 0.717) is 17.9 Å². The molecule has 1 aromatic carbocycles. The molecule has 1 fully saturated rings. The Morgan fingerprint density at radius 3 is 2.58 bits per heavy atom. The van der Waals surface area contributed by atoms with Crippen molar-refractivity contribution < 1.29 is 4.39 Å². The van der Waals surface area contributed by atoms with Gasteiger partial charge in [-0.25, -0.2) is 14.4 Å². The zero-order chi connectivity index (χ0) is 18.4. The molecule has 2 heterocycles. The van der Waals surface area contributed by atoms with Gasteiger partial charge in [0.2, 0.25) is 5.95 Å². The summed E-state index contributed by atoms with van der Waals surface area (Å²) in [7, 11) is 0. The number of rotatable bonds is 7. The lowest BCUT2D eigenvalue weighted by Crippen LogP contribution is -2.35. The van der Waals surface area contributed by atoms with E-state index < -0.39 is 0 Å². The largest absolute Gasteiger partial charge is 0.352 e. The first-order valence-electron chi connectivity index (χ1n) is 9.63. The maximum atomic E-state index is 13.0.